The Morgan fingerprint density at radius 3 is 2.79 bits per heavy atom. The maximum absolute atomic E-state index is 6.03. The van der Waals surface area contributed by atoms with Crippen LogP contribution in [0.3, 0.4) is 0 Å². The molecule has 1 aromatic carbocycles. The van der Waals surface area contributed by atoms with Crippen molar-refractivity contribution in [3.8, 4) is 0 Å². The monoisotopic (exact) mass is 275 g/mol. The van der Waals surface area contributed by atoms with Crippen molar-refractivity contribution in [1.82, 2.24) is 9.88 Å². The van der Waals surface area contributed by atoms with Gasteiger partial charge in [-0.2, -0.15) is 0 Å². The van der Waals surface area contributed by atoms with Gasteiger partial charge in [-0.25, -0.2) is 4.98 Å². The standard InChI is InChI=1S/C15H18ClN3/c1-11(12-5-3-7-14(16)9-12)19(2)10-13-6-4-8-18-15(13)17/h3-9,11H,10H2,1-2H3,(H2,17,18). The predicted molar refractivity (Wildman–Crippen MR) is 80.0 cm³/mol. The summed E-state index contributed by atoms with van der Waals surface area (Å²) >= 11 is 6.03. The Labute approximate surface area is 119 Å². The van der Waals surface area contributed by atoms with Crippen LogP contribution in [0.4, 0.5) is 5.82 Å². The van der Waals surface area contributed by atoms with Gasteiger partial charge in [0.25, 0.3) is 0 Å². The normalized spacial score (nSPS) is 12.6. The van der Waals surface area contributed by atoms with Gasteiger partial charge in [0.15, 0.2) is 0 Å². The molecule has 0 aliphatic rings. The molecular weight excluding hydrogens is 258 g/mol. The van der Waals surface area contributed by atoms with Gasteiger partial charge in [-0.05, 0) is 37.7 Å². The van der Waals surface area contributed by atoms with Gasteiger partial charge in [-0.15, -0.1) is 0 Å². The summed E-state index contributed by atoms with van der Waals surface area (Å²) in [4.78, 5) is 6.33. The highest BCUT2D eigenvalue weighted by Gasteiger charge is 2.13. The number of hydrogen-bond acceptors (Lipinski definition) is 3. The highest BCUT2D eigenvalue weighted by Crippen LogP contribution is 2.24. The van der Waals surface area contributed by atoms with E-state index in [-0.39, 0.29) is 6.04 Å². The molecule has 0 aliphatic carbocycles. The first-order valence-electron chi connectivity index (χ1n) is 6.23. The van der Waals surface area contributed by atoms with Gasteiger partial charge in [0.2, 0.25) is 0 Å². The van der Waals surface area contributed by atoms with E-state index in [9.17, 15) is 0 Å². The lowest BCUT2D eigenvalue weighted by atomic mass is 10.1. The second kappa shape index (κ2) is 6.04. The van der Waals surface area contributed by atoms with Gasteiger partial charge in [-0.1, -0.05) is 29.8 Å². The van der Waals surface area contributed by atoms with Gasteiger partial charge in [0.05, 0.1) is 0 Å². The predicted octanol–water partition coefficient (Wildman–Crippen LogP) is 3.51. The average molecular weight is 276 g/mol. The largest absolute Gasteiger partial charge is 0.383 e. The Morgan fingerprint density at radius 2 is 2.11 bits per heavy atom. The Morgan fingerprint density at radius 1 is 1.32 bits per heavy atom. The molecule has 2 rings (SSSR count). The van der Waals surface area contributed by atoms with Crippen LogP contribution in [0.15, 0.2) is 42.6 Å². The number of anilines is 1. The summed E-state index contributed by atoms with van der Waals surface area (Å²) in [6.07, 6.45) is 1.71. The van der Waals surface area contributed by atoms with Crippen LogP contribution in [0, 0.1) is 0 Å². The molecule has 0 amide bonds. The van der Waals surface area contributed by atoms with E-state index in [1.807, 2.05) is 30.3 Å². The zero-order valence-electron chi connectivity index (χ0n) is 11.2. The molecule has 1 aromatic heterocycles. The van der Waals surface area contributed by atoms with E-state index in [4.69, 9.17) is 17.3 Å². The number of aromatic nitrogens is 1. The molecule has 0 fully saturated rings. The van der Waals surface area contributed by atoms with Gasteiger partial charge in [-0.3, -0.25) is 4.90 Å². The molecule has 4 heteroatoms. The highest BCUT2D eigenvalue weighted by molar-refractivity contribution is 6.30. The first-order valence-corrected chi connectivity index (χ1v) is 6.61. The summed E-state index contributed by atoms with van der Waals surface area (Å²) < 4.78 is 0. The van der Waals surface area contributed by atoms with Crippen LogP contribution in [0.2, 0.25) is 5.02 Å². The molecule has 0 radical (unpaired) electrons. The zero-order chi connectivity index (χ0) is 13.8. The fraction of sp³-hybridized carbons (Fsp3) is 0.267. The number of hydrogen-bond donors (Lipinski definition) is 1. The second-order valence-electron chi connectivity index (χ2n) is 4.69. The lowest BCUT2D eigenvalue weighted by Crippen LogP contribution is -2.22. The number of benzene rings is 1. The zero-order valence-corrected chi connectivity index (χ0v) is 11.9. The lowest BCUT2D eigenvalue weighted by Gasteiger charge is -2.25. The smallest absolute Gasteiger partial charge is 0.127 e. The molecule has 0 bridgehead atoms. The third kappa shape index (κ3) is 3.46. The lowest BCUT2D eigenvalue weighted by molar-refractivity contribution is 0.253. The Hall–Kier alpha value is -1.58. The quantitative estimate of drug-likeness (QED) is 0.928. The van der Waals surface area contributed by atoms with Crippen LogP contribution < -0.4 is 5.73 Å². The molecule has 0 spiro atoms. The fourth-order valence-electron chi connectivity index (χ4n) is 2.01. The molecule has 1 heterocycles. The van der Waals surface area contributed by atoms with Crippen LogP contribution in [0.5, 0.6) is 0 Å². The molecule has 1 atom stereocenters. The van der Waals surface area contributed by atoms with Crippen LogP contribution in [0.25, 0.3) is 0 Å². The number of pyridine rings is 1. The first-order chi connectivity index (χ1) is 9.08. The molecule has 0 saturated heterocycles. The van der Waals surface area contributed by atoms with Crippen molar-refractivity contribution in [3.05, 3.63) is 58.7 Å². The molecule has 2 aromatic rings. The van der Waals surface area contributed by atoms with E-state index >= 15 is 0 Å². The van der Waals surface area contributed by atoms with Crippen molar-refractivity contribution in [1.29, 1.82) is 0 Å². The van der Waals surface area contributed by atoms with E-state index in [0.717, 1.165) is 17.1 Å². The number of halogens is 1. The summed E-state index contributed by atoms with van der Waals surface area (Å²) in [6.45, 7) is 2.91. The van der Waals surface area contributed by atoms with Crippen LogP contribution in [0.1, 0.15) is 24.1 Å². The number of nitrogens with zero attached hydrogens (tertiary/aromatic N) is 2. The summed E-state index contributed by atoms with van der Waals surface area (Å²) in [5, 5.41) is 0.763. The fourth-order valence-corrected chi connectivity index (χ4v) is 2.21. The minimum atomic E-state index is 0.262. The van der Waals surface area contributed by atoms with E-state index in [1.54, 1.807) is 6.20 Å². The van der Waals surface area contributed by atoms with E-state index in [2.05, 4.69) is 29.9 Å². The van der Waals surface area contributed by atoms with Crippen LogP contribution in [-0.2, 0) is 6.54 Å². The van der Waals surface area contributed by atoms with Crippen molar-refractivity contribution in [2.45, 2.75) is 19.5 Å². The second-order valence-corrected chi connectivity index (χ2v) is 5.13. The maximum atomic E-state index is 6.03. The molecular formula is C15H18ClN3. The maximum Gasteiger partial charge on any atom is 0.127 e. The van der Waals surface area contributed by atoms with Gasteiger partial charge >= 0.3 is 0 Å². The van der Waals surface area contributed by atoms with Crippen molar-refractivity contribution in [2.24, 2.45) is 0 Å². The Bertz CT molecular complexity index is 557. The number of nitrogen functional groups attached to an aromatic ring is 1. The molecule has 2 N–H and O–H groups in total. The van der Waals surface area contributed by atoms with Crippen LogP contribution >= 0.6 is 11.6 Å². The summed E-state index contributed by atoms with van der Waals surface area (Å²) in [5.41, 5.74) is 8.11. The van der Waals surface area contributed by atoms with E-state index in [0.29, 0.717) is 5.82 Å². The van der Waals surface area contributed by atoms with E-state index < -0.39 is 0 Å². The topological polar surface area (TPSA) is 42.2 Å². The molecule has 0 saturated carbocycles. The summed E-state index contributed by atoms with van der Waals surface area (Å²) in [7, 11) is 2.07. The molecule has 0 aliphatic heterocycles. The van der Waals surface area contributed by atoms with Gasteiger partial charge in [0.1, 0.15) is 5.82 Å². The van der Waals surface area contributed by atoms with Crippen molar-refractivity contribution < 1.29 is 0 Å². The Kier molecular flexibility index (Phi) is 4.40. The molecule has 100 valence electrons. The van der Waals surface area contributed by atoms with Crippen LogP contribution in [-0.4, -0.2) is 16.9 Å². The average Bonchev–Trinajstić information content (AvgIpc) is 2.40. The molecule has 1 unspecified atom stereocenters. The Balaban J connectivity index is 2.12. The van der Waals surface area contributed by atoms with Crippen molar-refractivity contribution >= 4 is 17.4 Å². The number of nitrogens with two attached hydrogens (primary N) is 1. The third-order valence-corrected chi connectivity index (χ3v) is 3.57. The van der Waals surface area contributed by atoms with Crippen molar-refractivity contribution in [3.63, 3.8) is 0 Å². The highest BCUT2D eigenvalue weighted by atomic mass is 35.5. The minimum absolute atomic E-state index is 0.262. The summed E-state index contributed by atoms with van der Waals surface area (Å²) in [6, 6.07) is 12.1. The first kappa shape index (κ1) is 13.8. The molecule has 19 heavy (non-hydrogen) atoms. The van der Waals surface area contributed by atoms with Gasteiger partial charge < -0.3 is 5.73 Å². The SMILES string of the molecule is CC(c1cccc(Cl)c1)N(C)Cc1cccnc1N. The minimum Gasteiger partial charge on any atom is -0.383 e. The number of rotatable bonds is 4. The van der Waals surface area contributed by atoms with Gasteiger partial charge in [0, 0.05) is 29.4 Å². The summed E-state index contributed by atoms with van der Waals surface area (Å²) in [5.74, 6) is 0.590. The molecule has 3 nitrogen and oxygen atoms in total. The van der Waals surface area contributed by atoms with Crippen molar-refractivity contribution in [2.75, 3.05) is 12.8 Å². The van der Waals surface area contributed by atoms with E-state index in [1.165, 1.54) is 5.56 Å². The third-order valence-electron chi connectivity index (χ3n) is 3.34.